The Morgan fingerprint density at radius 2 is 2.00 bits per heavy atom. The second-order valence-electron chi connectivity index (χ2n) is 3.19. The molecule has 0 saturated carbocycles. The second-order valence-corrected chi connectivity index (χ2v) is 5.27. The number of hydrogen-bond acceptors (Lipinski definition) is 4. The van der Waals surface area contributed by atoms with Crippen molar-refractivity contribution in [3.05, 3.63) is 0 Å². The lowest BCUT2D eigenvalue weighted by molar-refractivity contribution is -0.136. The van der Waals surface area contributed by atoms with Gasteiger partial charge in [-0.15, -0.1) is 0 Å². The van der Waals surface area contributed by atoms with Gasteiger partial charge in [0.2, 0.25) is 10.0 Å². The number of carboxylic acid groups (broad SMARTS) is 1. The fourth-order valence-corrected chi connectivity index (χ4v) is 1.60. The van der Waals surface area contributed by atoms with Gasteiger partial charge >= 0.3 is 5.97 Å². The van der Waals surface area contributed by atoms with Crippen LogP contribution in [0, 0.1) is 0 Å². The molecule has 7 heteroatoms. The van der Waals surface area contributed by atoms with Gasteiger partial charge in [-0.25, -0.2) is 13.1 Å². The van der Waals surface area contributed by atoms with E-state index in [4.69, 9.17) is 10.8 Å². The minimum Gasteiger partial charge on any atom is -0.480 e. The third kappa shape index (κ3) is 4.54. The van der Waals surface area contributed by atoms with Crippen LogP contribution in [-0.2, 0) is 14.8 Å². The van der Waals surface area contributed by atoms with Gasteiger partial charge in [0.25, 0.3) is 0 Å². The Labute approximate surface area is 83.5 Å². The van der Waals surface area contributed by atoms with E-state index in [9.17, 15) is 13.2 Å². The van der Waals surface area contributed by atoms with Crippen LogP contribution in [0.15, 0.2) is 0 Å². The molecule has 4 N–H and O–H groups in total. The third-order valence-electron chi connectivity index (χ3n) is 1.72. The molecule has 6 nitrogen and oxygen atoms in total. The molecule has 0 fully saturated rings. The van der Waals surface area contributed by atoms with Crippen molar-refractivity contribution in [1.82, 2.24) is 4.72 Å². The summed E-state index contributed by atoms with van der Waals surface area (Å²) in [6, 6.07) is -0.113. The molecule has 0 amide bonds. The summed E-state index contributed by atoms with van der Waals surface area (Å²) < 4.78 is 24.6. The Balaban J connectivity index is 4.16. The van der Waals surface area contributed by atoms with E-state index in [-0.39, 0.29) is 12.6 Å². The summed E-state index contributed by atoms with van der Waals surface area (Å²) in [7, 11) is -3.76. The minimum absolute atomic E-state index is 0.113. The summed E-state index contributed by atoms with van der Waals surface area (Å²) in [5.74, 6) is -1.36. The van der Waals surface area contributed by atoms with Crippen LogP contribution in [0.2, 0.25) is 0 Å². The zero-order chi connectivity index (χ0) is 11.4. The van der Waals surface area contributed by atoms with Crippen LogP contribution in [0.4, 0.5) is 0 Å². The predicted octanol–water partition coefficient (Wildman–Crippen LogP) is -0.884. The summed E-state index contributed by atoms with van der Waals surface area (Å²) in [6.07, 6.45) is 0.478. The van der Waals surface area contributed by atoms with Gasteiger partial charge in [-0.2, -0.15) is 0 Å². The van der Waals surface area contributed by atoms with Gasteiger partial charge in [-0.05, 0) is 20.3 Å². The molecule has 0 aliphatic rings. The Bertz CT molecular complexity index is 286. The fourth-order valence-electron chi connectivity index (χ4n) is 0.687. The fraction of sp³-hybridized carbons (Fsp3) is 0.857. The molecule has 0 heterocycles. The van der Waals surface area contributed by atoms with Crippen LogP contribution in [0.1, 0.15) is 20.3 Å². The smallest absolute Gasteiger partial charge is 0.323 e. The molecule has 0 aromatic heterocycles. The highest BCUT2D eigenvalue weighted by Crippen LogP contribution is 1.98. The molecule has 0 bridgehead atoms. The van der Waals surface area contributed by atoms with Gasteiger partial charge in [0.05, 0.1) is 0 Å². The van der Waals surface area contributed by atoms with E-state index in [2.05, 4.69) is 4.72 Å². The van der Waals surface area contributed by atoms with E-state index in [1.54, 1.807) is 6.92 Å². The van der Waals surface area contributed by atoms with Crippen molar-refractivity contribution in [1.29, 1.82) is 0 Å². The third-order valence-corrected chi connectivity index (χ3v) is 3.46. The largest absolute Gasteiger partial charge is 0.480 e. The molecule has 0 rings (SSSR count). The molecule has 0 aliphatic heterocycles. The maximum Gasteiger partial charge on any atom is 0.323 e. The first-order chi connectivity index (χ1) is 6.27. The van der Waals surface area contributed by atoms with Crippen LogP contribution in [0.25, 0.3) is 0 Å². The molecule has 0 spiro atoms. The first kappa shape index (κ1) is 13.3. The Kier molecular flexibility index (Phi) is 5.03. The van der Waals surface area contributed by atoms with Crippen LogP contribution in [0.3, 0.4) is 0 Å². The van der Waals surface area contributed by atoms with Gasteiger partial charge in [-0.1, -0.05) is 0 Å². The SMILES string of the molecule is CC(N)CCNS(=O)(=O)C(C)C(=O)O. The summed E-state index contributed by atoms with van der Waals surface area (Å²) in [5.41, 5.74) is 5.41. The van der Waals surface area contributed by atoms with Crippen molar-refractivity contribution < 1.29 is 18.3 Å². The molecule has 2 unspecified atom stereocenters. The van der Waals surface area contributed by atoms with E-state index >= 15 is 0 Å². The summed E-state index contributed by atoms with van der Waals surface area (Å²) >= 11 is 0. The summed E-state index contributed by atoms with van der Waals surface area (Å²) in [5, 5.41) is 7.05. The quantitative estimate of drug-likeness (QED) is 0.542. The number of nitrogens with one attached hydrogen (secondary N) is 1. The Morgan fingerprint density at radius 1 is 1.50 bits per heavy atom. The molecule has 0 aliphatic carbocycles. The number of rotatable bonds is 6. The lowest BCUT2D eigenvalue weighted by Crippen LogP contribution is -2.39. The van der Waals surface area contributed by atoms with E-state index < -0.39 is 21.2 Å². The number of carboxylic acids is 1. The van der Waals surface area contributed by atoms with Gasteiger partial charge in [0, 0.05) is 12.6 Å². The first-order valence-corrected chi connectivity index (χ1v) is 5.79. The maximum absolute atomic E-state index is 11.2. The highest BCUT2D eigenvalue weighted by Gasteiger charge is 2.26. The maximum atomic E-state index is 11.2. The van der Waals surface area contributed by atoms with Gasteiger partial charge < -0.3 is 10.8 Å². The van der Waals surface area contributed by atoms with Crippen LogP contribution in [0.5, 0.6) is 0 Å². The molecule has 0 aromatic rings. The average molecular weight is 224 g/mol. The number of sulfonamides is 1. The first-order valence-electron chi connectivity index (χ1n) is 4.24. The van der Waals surface area contributed by atoms with Crippen molar-refractivity contribution in [2.24, 2.45) is 5.73 Å². The van der Waals surface area contributed by atoms with Crippen LogP contribution >= 0.6 is 0 Å². The molecule has 0 aromatic carbocycles. The van der Waals surface area contributed by atoms with Crippen molar-refractivity contribution in [2.75, 3.05) is 6.54 Å². The van der Waals surface area contributed by atoms with Crippen molar-refractivity contribution >= 4 is 16.0 Å². The number of aliphatic carboxylic acids is 1. The Morgan fingerprint density at radius 3 is 2.36 bits per heavy atom. The van der Waals surface area contributed by atoms with Gasteiger partial charge in [0.1, 0.15) is 0 Å². The normalized spacial score (nSPS) is 16.2. The van der Waals surface area contributed by atoms with E-state index in [0.29, 0.717) is 6.42 Å². The highest BCUT2D eigenvalue weighted by atomic mass is 32.2. The monoisotopic (exact) mass is 224 g/mol. The highest BCUT2D eigenvalue weighted by molar-refractivity contribution is 7.90. The Hall–Kier alpha value is -0.660. The van der Waals surface area contributed by atoms with Crippen molar-refractivity contribution in [3.8, 4) is 0 Å². The topological polar surface area (TPSA) is 109 Å². The van der Waals surface area contributed by atoms with E-state index in [1.807, 2.05) is 0 Å². The van der Waals surface area contributed by atoms with Crippen molar-refractivity contribution in [3.63, 3.8) is 0 Å². The molecule has 84 valence electrons. The van der Waals surface area contributed by atoms with E-state index in [1.165, 1.54) is 0 Å². The van der Waals surface area contributed by atoms with Crippen LogP contribution in [-0.4, -0.2) is 37.3 Å². The molecule has 2 atom stereocenters. The summed E-state index contributed by atoms with van der Waals surface area (Å²) in [6.45, 7) is 3.03. The molecular weight excluding hydrogens is 208 g/mol. The van der Waals surface area contributed by atoms with E-state index in [0.717, 1.165) is 6.92 Å². The molecule has 0 radical (unpaired) electrons. The second kappa shape index (κ2) is 5.28. The standard InChI is InChI=1S/C7H16N2O4S/c1-5(8)3-4-9-14(12,13)6(2)7(10)11/h5-6,9H,3-4,8H2,1-2H3,(H,10,11). The zero-order valence-corrected chi connectivity index (χ0v) is 9.04. The lowest BCUT2D eigenvalue weighted by Gasteiger charge is -2.10. The number of hydrogen-bond donors (Lipinski definition) is 3. The van der Waals surface area contributed by atoms with Crippen molar-refractivity contribution in [2.45, 2.75) is 31.6 Å². The predicted molar refractivity (Wildman–Crippen MR) is 52.3 cm³/mol. The number of nitrogens with two attached hydrogens (primary N) is 1. The molecule has 14 heavy (non-hydrogen) atoms. The van der Waals surface area contributed by atoms with Gasteiger partial charge in [-0.3, -0.25) is 4.79 Å². The average Bonchev–Trinajstić information content (AvgIpc) is 2.01. The number of carbonyl (C=O) groups is 1. The summed E-state index contributed by atoms with van der Waals surface area (Å²) in [4.78, 5) is 10.4. The molecule has 0 saturated heterocycles. The van der Waals surface area contributed by atoms with Crippen LogP contribution < -0.4 is 10.5 Å². The van der Waals surface area contributed by atoms with Gasteiger partial charge in [0.15, 0.2) is 5.25 Å². The zero-order valence-electron chi connectivity index (χ0n) is 8.23. The minimum atomic E-state index is -3.76. The lowest BCUT2D eigenvalue weighted by atomic mass is 10.3. The molecular formula is C7H16N2O4S.